The predicted molar refractivity (Wildman–Crippen MR) is 150 cm³/mol. The molecule has 1 saturated carbocycles. The van der Waals surface area contributed by atoms with Crippen molar-refractivity contribution in [2.75, 3.05) is 33.1 Å². The number of aliphatic hydroxyl groups is 3. The number of aliphatic hydroxyl groups excluding tert-OH is 2. The molecule has 2 aromatic rings. The van der Waals surface area contributed by atoms with E-state index in [0.717, 1.165) is 0 Å². The average molecular weight is 578 g/mol. The second-order valence-corrected chi connectivity index (χ2v) is 11.0. The number of phenols is 1. The average Bonchev–Trinajstić information content (AvgIpc) is 2.91. The van der Waals surface area contributed by atoms with Crippen molar-refractivity contribution < 1.29 is 44.3 Å². The number of phenolic OH excluding ortho intramolecular Hbond substituents is 1. The largest absolute Gasteiger partial charge is 0.508 e. The number of benzene rings is 2. The number of nitrogens with two attached hydrogens (primary N) is 1. The predicted octanol–water partition coefficient (Wildman–Crippen LogP) is 1.22. The fourth-order valence-corrected chi connectivity index (χ4v) is 6.58. The molecule has 3 aliphatic carbocycles. The minimum absolute atomic E-state index is 0.00117. The normalized spacial score (nSPS) is 25.2. The zero-order valence-corrected chi connectivity index (χ0v) is 23.2. The highest BCUT2D eigenvalue weighted by Gasteiger charge is 2.64. The molecule has 0 bridgehead atoms. The van der Waals surface area contributed by atoms with E-state index in [1.54, 1.807) is 44.4 Å². The van der Waals surface area contributed by atoms with Crippen molar-refractivity contribution in [1.29, 1.82) is 0 Å². The Hall–Kier alpha value is -4.52. The molecule has 3 aliphatic rings. The van der Waals surface area contributed by atoms with Gasteiger partial charge in [0.05, 0.1) is 11.6 Å². The third-order valence-corrected chi connectivity index (χ3v) is 8.36. The number of ether oxygens (including phenoxy) is 1. The van der Waals surface area contributed by atoms with Gasteiger partial charge in [0.1, 0.15) is 29.4 Å². The molecule has 4 atom stereocenters. The van der Waals surface area contributed by atoms with Crippen molar-refractivity contribution >= 4 is 34.8 Å². The van der Waals surface area contributed by atoms with Gasteiger partial charge in [-0.3, -0.25) is 24.1 Å². The van der Waals surface area contributed by atoms with Gasteiger partial charge in [0, 0.05) is 24.3 Å². The second-order valence-electron chi connectivity index (χ2n) is 11.0. The number of Topliss-reactive ketones (excluding diaryl/α,β-unsaturated/α-hetero) is 2. The molecule has 42 heavy (non-hydrogen) atoms. The number of hydrogen-bond donors (Lipinski definition) is 6. The monoisotopic (exact) mass is 577 g/mol. The van der Waals surface area contributed by atoms with Crippen LogP contribution in [0.1, 0.15) is 17.5 Å². The first-order chi connectivity index (χ1) is 19.8. The molecule has 12 nitrogen and oxygen atoms in total. The number of carbonyl (C=O) groups excluding carboxylic acids is 4. The quantitative estimate of drug-likeness (QED) is 0.271. The summed E-state index contributed by atoms with van der Waals surface area (Å²) in [5, 5.41) is 47.6. The number of amides is 2. The molecule has 0 aromatic heterocycles. The molecule has 2 aromatic carbocycles. The highest BCUT2D eigenvalue weighted by atomic mass is 16.5. The van der Waals surface area contributed by atoms with Gasteiger partial charge in [0.25, 0.3) is 5.91 Å². The highest BCUT2D eigenvalue weighted by Crippen LogP contribution is 2.53. The van der Waals surface area contributed by atoms with Crippen molar-refractivity contribution in [3.8, 4) is 16.9 Å². The number of nitrogens with zero attached hydrogens (tertiary/aromatic N) is 1. The Morgan fingerprint density at radius 3 is 2.36 bits per heavy atom. The van der Waals surface area contributed by atoms with Gasteiger partial charge >= 0.3 is 0 Å². The van der Waals surface area contributed by atoms with Gasteiger partial charge in [-0.25, -0.2) is 0 Å². The molecule has 2 amide bonds. The maximum absolute atomic E-state index is 14.0. The van der Waals surface area contributed by atoms with E-state index in [1.165, 1.54) is 18.1 Å². The Balaban J connectivity index is 1.63. The third-order valence-electron chi connectivity index (χ3n) is 8.36. The lowest BCUT2D eigenvalue weighted by Gasteiger charge is -2.50. The number of ketones is 2. The molecule has 0 saturated heterocycles. The van der Waals surface area contributed by atoms with E-state index in [-0.39, 0.29) is 42.2 Å². The van der Waals surface area contributed by atoms with Crippen LogP contribution < -0.4 is 11.1 Å². The molecule has 12 heteroatoms. The zero-order chi connectivity index (χ0) is 30.7. The minimum Gasteiger partial charge on any atom is -0.508 e. The van der Waals surface area contributed by atoms with Gasteiger partial charge in [-0.1, -0.05) is 18.2 Å². The fraction of sp³-hybridized carbons (Fsp3) is 0.333. The standard InChI is InChI=1S/C30H31N3O9/c1-33(2)24-18-11-14-10-17-16(13-4-6-15(7-5-13)32-20(35)12-42-3)8-9-19(34)22(17)25(36)21(14)27(38)30(18,41)28(39)23(26(24)37)29(31)40/h4-9,14,18,24,34,36,39,41H,10-12H2,1-3H3,(H2,31,40)(H,32,35)/t14-,18-,24-,30-/m0/s1. The summed E-state index contributed by atoms with van der Waals surface area (Å²) >= 11 is 0. The number of primary amides is 1. The minimum atomic E-state index is -2.69. The second kappa shape index (κ2) is 10.4. The van der Waals surface area contributed by atoms with E-state index in [9.17, 15) is 39.6 Å². The SMILES string of the molecule is COCC(=O)Nc1ccc(-c2ccc(O)c3c2C[C@H]2C[C@H]4[C@H](N(C)C)C(=O)C(C(N)=O)=C(O)[C@@]4(O)C(=O)C2=C3O)cc1. The number of rotatable bonds is 6. The first kappa shape index (κ1) is 29.0. The summed E-state index contributed by atoms with van der Waals surface area (Å²) in [5.74, 6) is -7.33. The number of fused-ring (bicyclic) bond motifs is 3. The van der Waals surface area contributed by atoms with Crippen molar-refractivity contribution in [3.05, 3.63) is 64.4 Å². The van der Waals surface area contributed by atoms with Gasteiger partial charge in [-0.15, -0.1) is 0 Å². The highest BCUT2D eigenvalue weighted by molar-refractivity contribution is 6.24. The summed E-state index contributed by atoms with van der Waals surface area (Å²) in [4.78, 5) is 52.6. The van der Waals surface area contributed by atoms with Gasteiger partial charge in [0.2, 0.25) is 11.7 Å². The van der Waals surface area contributed by atoms with Crippen LogP contribution in [-0.4, -0.2) is 88.2 Å². The summed E-state index contributed by atoms with van der Waals surface area (Å²) in [5.41, 5.74) is 4.02. The van der Waals surface area contributed by atoms with Crippen molar-refractivity contribution in [2.24, 2.45) is 17.6 Å². The van der Waals surface area contributed by atoms with Crippen LogP contribution in [0.3, 0.4) is 0 Å². The molecular weight excluding hydrogens is 546 g/mol. The van der Waals surface area contributed by atoms with Crippen molar-refractivity contribution in [3.63, 3.8) is 0 Å². The summed E-state index contributed by atoms with van der Waals surface area (Å²) in [7, 11) is 4.51. The van der Waals surface area contributed by atoms with Gasteiger partial charge in [-0.05, 0) is 67.7 Å². The molecule has 1 fully saturated rings. The van der Waals surface area contributed by atoms with Crippen LogP contribution in [0.25, 0.3) is 16.9 Å². The molecule has 0 radical (unpaired) electrons. The number of aromatic hydroxyl groups is 1. The molecular formula is C30H31N3O9. The molecule has 0 heterocycles. The van der Waals surface area contributed by atoms with E-state index in [1.807, 2.05) is 0 Å². The summed E-state index contributed by atoms with van der Waals surface area (Å²) < 4.78 is 4.83. The van der Waals surface area contributed by atoms with E-state index in [0.29, 0.717) is 22.4 Å². The van der Waals surface area contributed by atoms with Gasteiger partial charge in [-0.2, -0.15) is 0 Å². The maximum atomic E-state index is 14.0. The lowest BCUT2D eigenvalue weighted by atomic mass is 9.57. The molecule has 7 N–H and O–H groups in total. The summed E-state index contributed by atoms with van der Waals surface area (Å²) in [6.07, 6.45) is 0.149. The molecule has 0 spiro atoms. The van der Waals surface area contributed by atoms with Crippen LogP contribution in [0.5, 0.6) is 5.75 Å². The number of anilines is 1. The lowest BCUT2D eigenvalue weighted by Crippen LogP contribution is -2.65. The first-order valence-electron chi connectivity index (χ1n) is 13.2. The Kier molecular flexibility index (Phi) is 7.17. The number of carbonyl (C=O) groups is 4. The van der Waals surface area contributed by atoms with Crippen LogP contribution >= 0.6 is 0 Å². The van der Waals surface area contributed by atoms with Crippen LogP contribution in [0.15, 0.2) is 53.3 Å². The molecule has 5 rings (SSSR count). The molecule has 220 valence electrons. The Bertz CT molecular complexity index is 1590. The number of hydrogen-bond acceptors (Lipinski definition) is 10. The van der Waals surface area contributed by atoms with Crippen molar-refractivity contribution in [1.82, 2.24) is 4.90 Å². The fourth-order valence-electron chi connectivity index (χ4n) is 6.58. The smallest absolute Gasteiger partial charge is 0.255 e. The van der Waals surface area contributed by atoms with E-state index in [2.05, 4.69) is 5.32 Å². The van der Waals surface area contributed by atoms with E-state index >= 15 is 0 Å². The van der Waals surface area contributed by atoms with Crippen molar-refractivity contribution in [2.45, 2.75) is 24.5 Å². The van der Waals surface area contributed by atoms with Gasteiger partial charge in [0.15, 0.2) is 11.4 Å². The third kappa shape index (κ3) is 4.26. The Morgan fingerprint density at radius 2 is 1.76 bits per heavy atom. The van der Waals surface area contributed by atoms with Crippen LogP contribution in [0.2, 0.25) is 0 Å². The summed E-state index contributed by atoms with van der Waals surface area (Å²) in [6, 6.07) is 8.78. The number of methoxy groups -OCH3 is 1. The van der Waals surface area contributed by atoms with Crippen LogP contribution in [-0.2, 0) is 30.3 Å². The first-order valence-corrected chi connectivity index (χ1v) is 13.2. The summed E-state index contributed by atoms with van der Waals surface area (Å²) in [6.45, 7) is -0.102. The number of nitrogens with one attached hydrogen (secondary N) is 1. The van der Waals surface area contributed by atoms with E-state index in [4.69, 9.17) is 10.5 Å². The Morgan fingerprint density at radius 1 is 1.10 bits per heavy atom. The zero-order valence-electron chi connectivity index (χ0n) is 23.2. The lowest BCUT2D eigenvalue weighted by molar-refractivity contribution is -0.153. The van der Waals surface area contributed by atoms with Gasteiger partial charge < -0.3 is 36.2 Å². The molecule has 0 aliphatic heterocycles. The maximum Gasteiger partial charge on any atom is 0.255 e. The van der Waals surface area contributed by atoms with E-state index < -0.39 is 58.0 Å². The number of likely N-dealkylation sites (N-methyl/N-ethyl adjacent to an activating group) is 1. The topological polar surface area (TPSA) is 200 Å². The molecule has 0 unspecified atom stereocenters. The van der Waals surface area contributed by atoms with Crippen LogP contribution in [0, 0.1) is 11.8 Å². The van der Waals surface area contributed by atoms with Crippen LogP contribution in [0.4, 0.5) is 5.69 Å². The Labute approximate surface area is 240 Å².